The number of rotatable bonds is 14. The fourth-order valence-electron chi connectivity index (χ4n) is 3.90. The number of nitrogens with zero attached hydrogens (tertiary/aromatic N) is 2. The highest BCUT2D eigenvalue weighted by atomic mass is 32.2. The number of unbranched alkanes of at least 4 members (excludes halogenated alkanes) is 1. The second kappa shape index (κ2) is 13.9. The third kappa shape index (κ3) is 8.38. The van der Waals surface area contributed by atoms with Crippen LogP contribution in [0.3, 0.4) is 0 Å². The average molecular weight is 534 g/mol. The van der Waals surface area contributed by atoms with Gasteiger partial charge in [0.1, 0.15) is 24.1 Å². The molecule has 0 bridgehead atoms. The Morgan fingerprint density at radius 2 is 1.70 bits per heavy atom. The second-order valence-corrected chi connectivity index (χ2v) is 10.8. The lowest BCUT2D eigenvalue weighted by Crippen LogP contribution is -2.52. The van der Waals surface area contributed by atoms with Crippen LogP contribution in [0.15, 0.2) is 42.5 Å². The Kier molecular flexibility index (Phi) is 11.2. The zero-order chi connectivity index (χ0) is 27.6. The predicted molar refractivity (Wildman–Crippen MR) is 145 cm³/mol. The minimum absolute atomic E-state index is 0.163. The molecule has 2 rings (SSSR count). The van der Waals surface area contributed by atoms with Gasteiger partial charge in [-0.2, -0.15) is 0 Å². The largest absolute Gasteiger partial charge is 0.497 e. The van der Waals surface area contributed by atoms with E-state index in [9.17, 15) is 18.0 Å². The number of aryl methyl sites for hydroxylation is 1. The first-order valence-electron chi connectivity index (χ1n) is 12.4. The van der Waals surface area contributed by atoms with E-state index < -0.39 is 28.5 Å². The smallest absolute Gasteiger partial charge is 0.244 e. The topological polar surface area (TPSA) is 105 Å². The Morgan fingerprint density at radius 1 is 1.03 bits per heavy atom. The normalized spacial score (nSPS) is 11.9. The van der Waals surface area contributed by atoms with Crippen LogP contribution >= 0.6 is 0 Å². The summed E-state index contributed by atoms with van der Waals surface area (Å²) >= 11 is 0. The number of hydrogen-bond donors (Lipinski definition) is 1. The number of methoxy groups -OCH3 is 2. The molecule has 1 N–H and O–H groups in total. The van der Waals surface area contributed by atoms with Crippen LogP contribution in [0.2, 0.25) is 0 Å². The van der Waals surface area contributed by atoms with Crippen LogP contribution in [0.25, 0.3) is 0 Å². The summed E-state index contributed by atoms with van der Waals surface area (Å²) in [5.74, 6) is -0.0334. The number of sulfonamides is 1. The van der Waals surface area contributed by atoms with Crippen molar-refractivity contribution in [2.75, 3.05) is 37.9 Å². The standard InChI is InChI=1S/C27H39N3O6S/c1-7-9-16-28-27(32)23(8-2)29(18-21-12-10-20(3)11-13-21)26(31)19-30(37(6,33)34)24-15-14-22(35-4)17-25(24)36-5/h10-15,17,23H,7-9,16,18-19H2,1-6H3,(H,28,32)/t23-/m1/s1. The van der Waals surface area contributed by atoms with Gasteiger partial charge in [-0.25, -0.2) is 8.42 Å². The van der Waals surface area contributed by atoms with Gasteiger partial charge in [0, 0.05) is 19.2 Å². The fourth-order valence-corrected chi connectivity index (χ4v) is 4.75. The molecule has 0 spiro atoms. The van der Waals surface area contributed by atoms with Crippen LogP contribution in [-0.4, -0.2) is 64.7 Å². The molecule has 0 saturated heterocycles. The molecule has 0 aliphatic carbocycles. The molecular weight excluding hydrogens is 494 g/mol. The Morgan fingerprint density at radius 3 is 2.24 bits per heavy atom. The lowest BCUT2D eigenvalue weighted by atomic mass is 10.1. The second-order valence-electron chi connectivity index (χ2n) is 8.88. The van der Waals surface area contributed by atoms with Crippen molar-refractivity contribution in [1.82, 2.24) is 10.2 Å². The molecule has 0 heterocycles. The van der Waals surface area contributed by atoms with Crippen molar-refractivity contribution in [2.24, 2.45) is 0 Å². The van der Waals surface area contributed by atoms with Crippen molar-refractivity contribution in [2.45, 2.75) is 52.6 Å². The van der Waals surface area contributed by atoms with E-state index in [1.54, 1.807) is 12.1 Å². The zero-order valence-electron chi connectivity index (χ0n) is 22.6. The minimum Gasteiger partial charge on any atom is -0.497 e. The van der Waals surface area contributed by atoms with E-state index in [1.807, 2.05) is 45.0 Å². The molecule has 37 heavy (non-hydrogen) atoms. The van der Waals surface area contributed by atoms with E-state index in [-0.39, 0.29) is 23.9 Å². The van der Waals surface area contributed by atoms with Crippen LogP contribution < -0.4 is 19.1 Å². The molecule has 2 amide bonds. The Labute approximate surface area is 220 Å². The summed E-state index contributed by atoms with van der Waals surface area (Å²) in [6, 6.07) is 11.6. The monoisotopic (exact) mass is 533 g/mol. The van der Waals surface area contributed by atoms with Gasteiger partial charge in [0.05, 0.1) is 26.2 Å². The van der Waals surface area contributed by atoms with Gasteiger partial charge in [-0.3, -0.25) is 13.9 Å². The number of anilines is 1. The molecule has 0 fully saturated rings. The summed E-state index contributed by atoms with van der Waals surface area (Å²) in [6.07, 6.45) is 3.16. The van der Waals surface area contributed by atoms with Gasteiger partial charge in [-0.05, 0) is 37.5 Å². The summed E-state index contributed by atoms with van der Waals surface area (Å²) in [7, 11) is -0.977. The minimum atomic E-state index is -3.88. The molecular formula is C27H39N3O6S. The van der Waals surface area contributed by atoms with Crippen molar-refractivity contribution in [3.05, 3.63) is 53.6 Å². The highest BCUT2D eigenvalue weighted by Crippen LogP contribution is 2.33. The molecule has 204 valence electrons. The van der Waals surface area contributed by atoms with E-state index >= 15 is 0 Å². The third-order valence-corrected chi connectivity index (χ3v) is 7.15. The summed E-state index contributed by atoms with van der Waals surface area (Å²) < 4.78 is 37.3. The first-order valence-corrected chi connectivity index (χ1v) is 14.2. The van der Waals surface area contributed by atoms with Gasteiger partial charge >= 0.3 is 0 Å². The number of ether oxygens (including phenoxy) is 2. The zero-order valence-corrected chi connectivity index (χ0v) is 23.4. The summed E-state index contributed by atoms with van der Waals surface area (Å²) in [4.78, 5) is 28.3. The number of carbonyl (C=O) groups is 2. The molecule has 0 aliphatic rings. The molecule has 1 atom stereocenters. The van der Waals surface area contributed by atoms with Gasteiger partial charge in [-0.15, -0.1) is 0 Å². The molecule has 0 radical (unpaired) electrons. The van der Waals surface area contributed by atoms with Gasteiger partial charge < -0.3 is 19.7 Å². The van der Waals surface area contributed by atoms with Gasteiger partial charge in [0.15, 0.2) is 0 Å². The van der Waals surface area contributed by atoms with Gasteiger partial charge in [-0.1, -0.05) is 50.1 Å². The van der Waals surface area contributed by atoms with Gasteiger partial charge in [0.2, 0.25) is 21.8 Å². The molecule has 10 heteroatoms. The lowest BCUT2D eigenvalue weighted by Gasteiger charge is -2.33. The maximum absolute atomic E-state index is 13.8. The summed E-state index contributed by atoms with van der Waals surface area (Å²) in [6.45, 7) is 6.01. The Bertz CT molecular complexity index is 1150. The van der Waals surface area contributed by atoms with Crippen molar-refractivity contribution in [3.8, 4) is 11.5 Å². The molecule has 0 aromatic heterocycles. The highest BCUT2D eigenvalue weighted by molar-refractivity contribution is 7.92. The maximum Gasteiger partial charge on any atom is 0.244 e. The van der Waals surface area contributed by atoms with Crippen LogP contribution in [0, 0.1) is 6.92 Å². The number of benzene rings is 2. The summed E-state index contributed by atoms with van der Waals surface area (Å²) in [5, 5.41) is 2.91. The van der Waals surface area contributed by atoms with Crippen molar-refractivity contribution in [1.29, 1.82) is 0 Å². The number of carbonyl (C=O) groups excluding carboxylic acids is 2. The van der Waals surface area contributed by atoms with E-state index in [4.69, 9.17) is 9.47 Å². The molecule has 9 nitrogen and oxygen atoms in total. The molecule has 0 unspecified atom stereocenters. The van der Waals surface area contributed by atoms with E-state index in [2.05, 4.69) is 5.32 Å². The first kappa shape index (κ1) is 30.0. The Hall–Kier alpha value is -3.27. The average Bonchev–Trinajstić information content (AvgIpc) is 2.87. The van der Waals surface area contributed by atoms with Crippen LogP contribution in [-0.2, 0) is 26.2 Å². The van der Waals surface area contributed by atoms with Crippen LogP contribution in [0.1, 0.15) is 44.2 Å². The van der Waals surface area contributed by atoms with Crippen molar-refractivity contribution in [3.63, 3.8) is 0 Å². The number of amides is 2. The van der Waals surface area contributed by atoms with E-state index in [0.29, 0.717) is 18.7 Å². The SMILES string of the molecule is CCCCNC(=O)[C@@H](CC)N(Cc1ccc(C)cc1)C(=O)CN(c1ccc(OC)cc1OC)S(C)(=O)=O. The van der Waals surface area contributed by atoms with E-state index in [1.165, 1.54) is 25.2 Å². The maximum atomic E-state index is 13.8. The Balaban J connectivity index is 2.46. The third-order valence-electron chi connectivity index (χ3n) is 6.02. The molecule has 2 aromatic carbocycles. The lowest BCUT2D eigenvalue weighted by molar-refractivity contribution is -0.140. The highest BCUT2D eigenvalue weighted by Gasteiger charge is 2.32. The molecule has 0 aliphatic heterocycles. The fraction of sp³-hybridized carbons (Fsp3) is 0.481. The molecule has 2 aromatic rings. The van der Waals surface area contributed by atoms with E-state index in [0.717, 1.165) is 34.5 Å². The predicted octanol–water partition coefficient (Wildman–Crippen LogP) is 3.50. The number of hydrogen-bond acceptors (Lipinski definition) is 6. The first-order chi connectivity index (χ1) is 17.5. The van der Waals surface area contributed by atoms with Gasteiger partial charge in [0.25, 0.3) is 0 Å². The quantitative estimate of drug-likeness (QED) is 0.373. The number of nitrogens with one attached hydrogen (secondary N) is 1. The summed E-state index contributed by atoms with van der Waals surface area (Å²) in [5.41, 5.74) is 2.11. The van der Waals surface area contributed by atoms with Crippen LogP contribution in [0.5, 0.6) is 11.5 Å². The van der Waals surface area contributed by atoms with Crippen molar-refractivity contribution >= 4 is 27.5 Å². The van der Waals surface area contributed by atoms with Crippen LogP contribution in [0.4, 0.5) is 5.69 Å². The molecule has 0 saturated carbocycles. The van der Waals surface area contributed by atoms with Crippen molar-refractivity contribution < 1.29 is 27.5 Å².